The standard InChI is InChI=1S/C22H25ClO4/c23-16-9-10-19-20(15-16)22(27-14-6-4-12-25)18-8-2-1-7-17(18)21(19)26-13-5-3-11-24/h1-2,7-10,15,24-25H,3-6,11-14H2. The molecule has 3 aromatic carbocycles. The van der Waals surface area contributed by atoms with Crippen molar-refractivity contribution in [2.45, 2.75) is 25.7 Å². The lowest BCUT2D eigenvalue weighted by molar-refractivity contribution is 0.254. The maximum absolute atomic E-state index is 9.00. The van der Waals surface area contributed by atoms with Crippen LogP contribution in [0.1, 0.15) is 25.7 Å². The minimum atomic E-state index is 0.164. The summed E-state index contributed by atoms with van der Waals surface area (Å²) in [4.78, 5) is 0. The highest BCUT2D eigenvalue weighted by Crippen LogP contribution is 2.43. The molecule has 0 aliphatic rings. The first-order chi connectivity index (χ1) is 13.3. The van der Waals surface area contributed by atoms with E-state index in [0.29, 0.717) is 31.1 Å². The molecule has 144 valence electrons. The van der Waals surface area contributed by atoms with E-state index in [0.717, 1.165) is 45.9 Å². The number of unbranched alkanes of at least 4 members (excludes halogenated alkanes) is 2. The number of ether oxygens (including phenoxy) is 2. The van der Waals surface area contributed by atoms with Gasteiger partial charge in [-0.3, -0.25) is 0 Å². The molecule has 0 fully saturated rings. The molecule has 3 aromatic rings. The molecule has 0 aromatic heterocycles. The van der Waals surface area contributed by atoms with E-state index in [1.807, 2.05) is 42.5 Å². The number of fused-ring (bicyclic) bond motifs is 2. The molecule has 0 aliphatic carbocycles. The lowest BCUT2D eigenvalue weighted by Crippen LogP contribution is -2.03. The van der Waals surface area contributed by atoms with E-state index < -0.39 is 0 Å². The van der Waals surface area contributed by atoms with Crippen molar-refractivity contribution in [2.75, 3.05) is 26.4 Å². The van der Waals surface area contributed by atoms with Gasteiger partial charge < -0.3 is 19.7 Å². The molecule has 0 atom stereocenters. The molecule has 0 unspecified atom stereocenters. The van der Waals surface area contributed by atoms with Crippen molar-refractivity contribution in [1.82, 2.24) is 0 Å². The van der Waals surface area contributed by atoms with Gasteiger partial charge in [0.15, 0.2) is 0 Å². The van der Waals surface area contributed by atoms with Gasteiger partial charge >= 0.3 is 0 Å². The molecule has 2 N–H and O–H groups in total. The summed E-state index contributed by atoms with van der Waals surface area (Å²) >= 11 is 6.27. The highest BCUT2D eigenvalue weighted by atomic mass is 35.5. The molecule has 0 heterocycles. The molecular formula is C22H25ClO4. The Hall–Kier alpha value is -2.01. The van der Waals surface area contributed by atoms with Gasteiger partial charge in [-0.1, -0.05) is 35.9 Å². The van der Waals surface area contributed by atoms with Crippen LogP contribution in [0.25, 0.3) is 21.5 Å². The molecule has 4 nitrogen and oxygen atoms in total. The van der Waals surface area contributed by atoms with Crippen LogP contribution >= 0.6 is 11.6 Å². The van der Waals surface area contributed by atoms with Gasteiger partial charge in [-0.25, -0.2) is 0 Å². The van der Waals surface area contributed by atoms with Crippen LogP contribution in [0.5, 0.6) is 11.5 Å². The third kappa shape index (κ3) is 4.64. The van der Waals surface area contributed by atoms with Crippen molar-refractivity contribution in [3.05, 3.63) is 47.5 Å². The third-order valence-corrected chi connectivity index (χ3v) is 4.72. The van der Waals surface area contributed by atoms with Crippen LogP contribution in [0.15, 0.2) is 42.5 Å². The smallest absolute Gasteiger partial charge is 0.135 e. The molecule has 0 amide bonds. The van der Waals surface area contributed by atoms with Crippen molar-refractivity contribution in [3.8, 4) is 11.5 Å². The minimum absolute atomic E-state index is 0.164. The molecule has 0 spiro atoms. The normalized spacial score (nSPS) is 11.2. The molecular weight excluding hydrogens is 364 g/mol. The second-order valence-electron chi connectivity index (χ2n) is 6.45. The van der Waals surface area contributed by atoms with E-state index in [1.54, 1.807) is 0 Å². The number of benzene rings is 3. The Labute approximate surface area is 164 Å². The van der Waals surface area contributed by atoms with Crippen molar-refractivity contribution in [3.63, 3.8) is 0 Å². The van der Waals surface area contributed by atoms with Gasteiger partial charge in [0.05, 0.1) is 13.2 Å². The maximum atomic E-state index is 9.00. The Bertz CT molecular complexity index is 894. The summed E-state index contributed by atoms with van der Waals surface area (Å²) < 4.78 is 12.3. The van der Waals surface area contributed by atoms with E-state index in [1.165, 1.54) is 0 Å². The second kappa shape index (κ2) is 9.79. The van der Waals surface area contributed by atoms with E-state index >= 15 is 0 Å². The van der Waals surface area contributed by atoms with Gasteiger partial charge in [0.25, 0.3) is 0 Å². The van der Waals surface area contributed by atoms with Crippen molar-refractivity contribution < 1.29 is 19.7 Å². The van der Waals surface area contributed by atoms with E-state index in [4.69, 9.17) is 31.3 Å². The highest BCUT2D eigenvalue weighted by Gasteiger charge is 2.16. The molecule has 0 saturated carbocycles. The lowest BCUT2D eigenvalue weighted by atomic mass is 10.0. The Morgan fingerprint density at radius 1 is 0.667 bits per heavy atom. The van der Waals surface area contributed by atoms with Gasteiger partial charge in [-0.05, 0) is 43.9 Å². The molecule has 0 radical (unpaired) electrons. The van der Waals surface area contributed by atoms with Crippen LogP contribution in [0, 0.1) is 0 Å². The summed E-state index contributed by atoms with van der Waals surface area (Å²) in [5, 5.41) is 22.5. The molecule has 27 heavy (non-hydrogen) atoms. The number of hydrogen-bond acceptors (Lipinski definition) is 4. The molecule has 5 heteroatoms. The molecule has 0 saturated heterocycles. The van der Waals surface area contributed by atoms with Gasteiger partial charge in [0, 0.05) is 39.8 Å². The van der Waals surface area contributed by atoms with Gasteiger partial charge in [-0.15, -0.1) is 0 Å². The predicted octanol–water partition coefficient (Wildman–Crippen LogP) is 4.95. The molecule has 0 aliphatic heterocycles. The number of rotatable bonds is 10. The highest BCUT2D eigenvalue weighted by molar-refractivity contribution is 6.31. The first kappa shape index (κ1) is 19.7. The van der Waals surface area contributed by atoms with Crippen LogP contribution in [0.2, 0.25) is 5.02 Å². The van der Waals surface area contributed by atoms with Crippen molar-refractivity contribution in [2.24, 2.45) is 0 Å². The Kier molecular flexibility index (Phi) is 7.16. The quantitative estimate of drug-likeness (QED) is 0.381. The number of halogens is 1. The number of aliphatic hydroxyl groups is 2. The molecule has 3 rings (SSSR count). The van der Waals surface area contributed by atoms with E-state index in [2.05, 4.69) is 0 Å². The zero-order valence-corrected chi connectivity index (χ0v) is 16.0. The average molecular weight is 389 g/mol. The number of hydrogen-bond donors (Lipinski definition) is 2. The summed E-state index contributed by atoms with van der Waals surface area (Å²) in [6.07, 6.45) is 3.00. The van der Waals surface area contributed by atoms with Crippen LogP contribution in [0.4, 0.5) is 0 Å². The van der Waals surface area contributed by atoms with E-state index in [9.17, 15) is 0 Å². The summed E-state index contributed by atoms with van der Waals surface area (Å²) in [5.74, 6) is 1.61. The molecule has 0 bridgehead atoms. The van der Waals surface area contributed by atoms with Gasteiger partial charge in [-0.2, -0.15) is 0 Å². The van der Waals surface area contributed by atoms with Crippen molar-refractivity contribution in [1.29, 1.82) is 0 Å². The van der Waals surface area contributed by atoms with Crippen LogP contribution in [-0.2, 0) is 0 Å². The minimum Gasteiger partial charge on any atom is -0.492 e. The first-order valence-electron chi connectivity index (χ1n) is 9.37. The largest absolute Gasteiger partial charge is 0.492 e. The van der Waals surface area contributed by atoms with Gasteiger partial charge in [0.2, 0.25) is 0 Å². The Morgan fingerprint density at radius 2 is 1.19 bits per heavy atom. The van der Waals surface area contributed by atoms with Gasteiger partial charge in [0.1, 0.15) is 11.5 Å². The third-order valence-electron chi connectivity index (χ3n) is 4.48. The average Bonchev–Trinajstić information content (AvgIpc) is 2.69. The Morgan fingerprint density at radius 3 is 1.74 bits per heavy atom. The summed E-state index contributed by atoms with van der Waals surface area (Å²) in [6, 6.07) is 13.8. The topological polar surface area (TPSA) is 58.9 Å². The fraction of sp³-hybridized carbons (Fsp3) is 0.364. The second-order valence-corrected chi connectivity index (χ2v) is 6.89. The summed E-state index contributed by atoms with van der Waals surface area (Å²) in [6.45, 7) is 1.40. The monoisotopic (exact) mass is 388 g/mol. The fourth-order valence-corrected chi connectivity index (χ4v) is 3.33. The van der Waals surface area contributed by atoms with Crippen LogP contribution < -0.4 is 9.47 Å². The SMILES string of the molecule is OCCCCOc1c2ccccc2c(OCCCCO)c2cc(Cl)ccc12. The maximum Gasteiger partial charge on any atom is 0.135 e. The zero-order valence-electron chi connectivity index (χ0n) is 15.3. The summed E-state index contributed by atoms with van der Waals surface area (Å²) in [7, 11) is 0. The van der Waals surface area contributed by atoms with Crippen LogP contribution in [-0.4, -0.2) is 36.6 Å². The van der Waals surface area contributed by atoms with Crippen molar-refractivity contribution >= 4 is 33.1 Å². The lowest BCUT2D eigenvalue weighted by Gasteiger charge is -2.18. The van der Waals surface area contributed by atoms with E-state index in [-0.39, 0.29) is 13.2 Å². The fourth-order valence-electron chi connectivity index (χ4n) is 3.16. The summed E-state index contributed by atoms with van der Waals surface area (Å²) in [5.41, 5.74) is 0. The first-order valence-corrected chi connectivity index (χ1v) is 9.75. The Balaban J connectivity index is 2.08. The predicted molar refractivity (Wildman–Crippen MR) is 110 cm³/mol. The zero-order chi connectivity index (χ0) is 19.1. The number of aliphatic hydroxyl groups excluding tert-OH is 2. The van der Waals surface area contributed by atoms with Crippen LogP contribution in [0.3, 0.4) is 0 Å².